The molecule has 0 aliphatic heterocycles. The minimum absolute atomic E-state index is 0.115. The average molecular weight is 327 g/mol. The third kappa shape index (κ3) is 4.27. The number of hydrogen-bond donors (Lipinski definition) is 1. The summed E-state index contributed by atoms with van der Waals surface area (Å²) >= 11 is 1.10. The molecule has 114 valence electrons. The number of aryl methyl sites for hydroxylation is 2. The normalized spacial score (nSPS) is 20.6. The molecular formula is C12H19NO5S2. The van der Waals surface area contributed by atoms with Crippen LogP contribution in [0.2, 0.25) is 0 Å². The van der Waals surface area contributed by atoms with E-state index in [9.17, 15) is 13.2 Å². The molecule has 1 rings (SSSR count). The minimum atomic E-state index is -4.86. The minimum Gasteiger partial charge on any atom is -0.383 e. The lowest BCUT2D eigenvalue weighted by Crippen LogP contribution is -2.44. The maximum Gasteiger partial charge on any atom is 0.274 e. The van der Waals surface area contributed by atoms with Gasteiger partial charge in [-0.15, -0.1) is 11.3 Å². The fourth-order valence-electron chi connectivity index (χ4n) is 1.62. The van der Waals surface area contributed by atoms with Gasteiger partial charge in [0.25, 0.3) is 10.1 Å². The Balaban J connectivity index is 3.85. The quantitative estimate of drug-likeness (QED) is 0.803. The van der Waals surface area contributed by atoms with Gasteiger partial charge in [0.15, 0.2) is 5.75 Å². The summed E-state index contributed by atoms with van der Waals surface area (Å²) in [5.41, 5.74) is 0.222. The van der Waals surface area contributed by atoms with E-state index in [0.717, 1.165) is 18.4 Å². The van der Waals surface area contributed by atoms with Crippen molar-refractivity contribution in [3.05, 3.63) is 15.8 Å². The molecule has 0 radical (unpaired) electrons. The van der Waals surface area contributed by atoms with Crippen LogP contribution in [-0.2, 0) is 19.6 Å². The highest BCUT2D eigenvalue weighted by Crippen LogP contribution is 2.32. The van der Waals surface area contributed by atoms with Crippen LogP contribution in [0.25, 0.3) is 0 Å². The zero-order valence-corrected chi connectivity index (χ0v) is 12.8. The van der Waals surface area contributed by atoms with Crippen molar-refractivity contribution in [1.29, 1.82) is 0 Å². The molecule has 8 heteroatoms. The average Bonchev–Trinajstić information content (AvgIpc) is 2.76. The van der Waals surface area contributed by atoms with E-state index in [4.69, 9.17) is 12.8 Å². The van der Waals surface area contributed by atoms with E-state index >= 15 is 0 Å². The molecule has 0 spiro atoms. The summed E-state index contributed by atoms with van der Waals surface area (Å²) in [4.78, 5) is 13.2. The number of methoxy groups -OCH3 is 1. The number of nitrogens with zero attached hydrogens (tertiary/aromatic N) is 1. The molecule has 1 N–H and O–H groups in total. The van der Waals surface area contributed by atoms with Crippen LogP contribution in [0.5, 0.6) is 0 Å². The molecule has 1 aromatic rings. The van der Waals surface area contributed by atoms with Gasteiger partial charge < -0.3 is 9.64 Å². The summed E-state index contributed by atoms with van der Waals surface area (Å²) in [6.07, 6.45) is 0. The van der Waals surface area contributed by atoms with Gasteiger partial charge in [-0.3, -0.25) is 9.35 Å². The number of ether oxygens (including phenoxy) is 1. The summed E-state index contributed by atoms with van der Waals surface area (Å²) in [6, 6.07) is -3.33. The molecule has 0 aliphatic carbocycles. The van der Waals surface area contributed by atoms with Crippen molar-refractivity contribution in [2.45, 2.75) is 26.7 Å². The second-order valence-corrected chi connectivity index (χ2v) is 6.47. The number of thiophene rings is 1. The summed E-state index contributed by atoms with van der Waals surface area (Å²) in [5.74, 6) is -2.98. The third-order valence-electron chi connectivity index (χ3n) is 2.32. The Morgan fingerprint density at radius 1 is 1.70 bits per heavy atom. The maximum absolute atomic E-state index is 12.6. The lowest BCUT2D eigenvalue weighted by Gasteiger charge is -2.29. The fourth-order valence-corrected chi connectivity index (χ4v) is 2.89. The second kappa shape index (κ2) is 6.66. The Morgan fingerprint density at radius 2 is 2.35 bits per heavy atom. The summed E-state index contributed by atoms with van der Waals surface area (Å²) in [6.45, 7) is -3.63. The summed E-state index contributed by atoms with van der Waals surface area (Å²) in [5, 5.41) is 1.54. The van der Waals surface area contributed by atoms with E-state index in [1.807, 2.05) is 0 Å². The zero-order chi connectivity index (χ0) is 20.7. The van der Waals surface area contributed by atoms with Gasteiger partial charge in [0.1, 0.15) is 0 Å². The van der Waals surface area contributed by atoms with E-state index in [2.05, 4.69) is 4.74 Å². The van der Waals surface area contributed by atoms with Crippen molar-refractivity contribution in [3.8, 4) is 0 Å². The Labute approximate surface area is 131 Å². The Hall–Kier alpha value is -0.960. The van der Waals surface area contributed by atoms with E-state index < -0.39 is 41.2 Å². The fraction of sp³-hybridized carbons (Fsp3) is 0.583. The SMILES string of the molecule is [2H]C([2H])([2H])C([2H])(N(C(=O)CS(=O)(=O)O)c1c(C)csc1C)C([2H])([2H])OC. The topological polar surface area (TPSA) is 83.9 Å². The van der Waals surface area contributed by atoms with E-state index in [0.29, 0.717) is 10.4 Å². The third-order valence-corrected chi connectivity index (χ3v) is 3.95. The Morgan fingerprint density at radius 3 is 2.75 bits per heavy atom. The predicted octanol–water partition coefficient (Wildman–Crippen LogP) is 1.62. The van der Waals surface area contributed by atoms with Crippen LogP contribution in [0.1, 0.15) is 25.5 Å². The molecule has 1 unspecified atom stereocenters. The molecular weight excluding hydrogens is 302 g/mol. The molecule has 0 saturated carbocycles. The highest BCUT2D eigenvalue weighted by atomic mass is 32.2. The highest BCUT2D eigenvalue weighted by molar-refractivity contribution is 7.86. The Kier molecular flexibility index (Phi) is 3.29. The van der Waals surface area contributed by atoms with Crippen LogP contribution >= 0.6 is 11.3 Å². The molecule has 20 heavy (non-hydrogen) atoms. The van der Waals surface area contributed by atoms with Crippen LogP contribution in [0.3, 0.4) is 0 Å². The smallest absolute Gasteiger partial charge is 0.274 e. The van der Waals surface area contributed by atoms with Gasteiger partial charge in [-0.1, -0.05) is 0 Å². The van der Waals surface area contributed by atoms with Gasteiger partial charge in [-0.25, -0.2) is 0 Å². The largest absolute Gasteiger partial charge is 0.383 e. The molecule has 1 amide bonds. The second-order valence-electron chi connectivity index (χ2n) is 3.93. The maximum atomic E-state index is 12.6. The van der Waals surface area contributed by atoms with Crippen molar-refractivity contribution < 1.29 is 30.7 Å². The van der Waals surface area contributed by atoms with E-state index in [1.165, 1.54) is 13.8 Å². The van der Waals surface area contributed by atoms with Crippen LogP contribution in [-0.4, -0.2) is 44.3 Å². The molecule has 0 bridgehead atoms. The molecule has 1 atom stereocenters. The van der Waals surface area contributed by atoms with Gasteiger partial charge in [0.2, 0.25) is 5.91 Å². The predicted molar refractivity (Wildman–Crippen MR) is 79.0 cm³/mol. The number of rotatable bonds is 6. The van der Waals surface area contributed by atoms with Crippen molar-refractivity contribution in [2.24, 2.45) is 0 Å². The summed E-state index contributed by atoms with van der Waals surface area (Å²) < 4.78 is 83.0. The van der Waals surface area contributed by atoms with Gasteiger partial charge in [-0.2, -0.15) is 8.42 Å². The number of carbonyl (C=O) groups is 1. The number of amides is 1. The van der Waals surface area contributed by atoms with Crippen molar-refractivity contribution in [2.75, 3.05) is 24.3 Å². The van der Waals surface area contributed by atoms with Crippen LogP contribution in [0, 0.1) is 13.8 Å². The lowest BCUT2D eigenvalue weighted by molar-refractivity contribution is -0.116. The van der Waals surface area contributed by atoms with Crippen molar-refractivity contribution in [1.82, 2.24) is 0 Å². The first-order valence-electron chi connectivity index (χ1n) is 8.37. The van der Waals surface area contributed by atoms with Crippen LogP contribution < -0.4 is 4.90 Å². The number of carbonyl (C=O) groups excluding carboxylic acids is 1. The monoisotopic (exact) mass is 327 g/mol. The van der Waals surface area contributed by atoms with Crippen molar-refractivity contribution in [3.63, 3.8) is 0 Å². The van der Waals surface area contributed by atoms with Gasteiger partial charge in [-0.05, 0) is 31.6 Å². The molecule has 0 fully saturated rings. The first-order valence-corrected chi connectivity index (χ1v) is 7.86. The number of hydrogen-bond acceptors (Lipinski definition) is 5. The Bertz CT molecular complexity index is 771. The van der Waals surface area contributed by atoms with Gasteiger partial charge in [0.05, 0.1) is 22.4 Å². The zero-order valence-electron chi connectivity index (χ0n) is 17.1. The molecule has 0 saturated heterocycles. The first kappa shape index (κ1) is 9.88. The molecule has 1 aromatic heterocycles. The summed E-state index contributed by atoms with van der Waals surface area (Å²) in [7, 11) is -4.03. The first-order chi connectivity index (χ1) is 11.5. The highest BCUT2D eigenvalue weighted by Gasteiger charge is 2.28. The van der Waals surface area contributed by atoms with Crippen LogP contribution in [0.4, 0.5) is 5.69 Å². The lowest BCUT2D eigenvalue weighted by atomic mass is 10.2. The van der Waals surface area contributed by atoms with Gasteiger partial charge in [0, 0.05) is 16.1 Å². The molecule has 0 aliphatic rings. The molecule has 0 aromatic carbocycles. The number of anilines is 1. The van der Waals surface area contributed by atoms with Gasteiger partial charge >= 0.3 is 0 Å². The van der Waals surface area contributed by atoms with E-state index in [-0.39, 0.29) is 10.6 Å². The molecule has 1 heterocycles. The van der Waals surface area contributed by atoms with Crippen LogP contribution in [0.15, 0.2) is 5.38 Å². The standard InChI is InChI=1S/C12H19NO5S2/c1-8-6-19-10(3)12(8)13(9(2)5-18-4)11(14)7-20(15,16)17/h6,9H,5,7H2,1-4H3,(H,15,16,17)/i2D3,5D2,9D. The van der Waals surface area contributed by atoms with E-state index in [1.54, 1.807) is 5.38 Å². The molecule has 6 nitrogen and oxygen atoms in total. The van der Waals surface area contributed by atoms with Crippen molar-refractivity contribution >= 4 is 33.0 Å².